The number of hydrogen-bond acceptors (Lipinski definition) is 3. The van der Waals surface area contributed by atoms with Crippen molar-refractivity contribution < 1.29 is 14.0 Å². The number of hydrogen-bond donors (Lipinski definition) is 2. The van der Waals surface area contributed by atoms with Crippen LogP contribution in [0.5, 0.6) is 0 Å². The zero-order valence-corrected chi connectivity index (χ0v) is 11.1. The Morgan fingerprint density at radius 3 is 2.67 bits per heavy atom. The molecule has 0 heterocycles. The average molecular weight is 287 g/mol. The first-order valence-corrected chi connectivity index (χ1v) is 6.21. The van der Waals surface area contributed by atoms with Crippen LogP contribution in [-0.2, 0) is 9.63 Å². The molecular formula is C15H14FN3O2. The van der Waals surface area contributed by atoms with E-state index in [1.54, 1.807) is 18.2 Å². The second kappa shape index (κ2) is 7.04. The third kappa shape index (κ3) is 4.61. The highest BCUT2D eigenvalue weighted by atomic mass is 19.1. The Balaban J connectivity index is 1.84. The number of benzene rings is 2. The molecule has 0 aliphatic heterocycles. The Bertz CT molecular complexity index is 644. The molecule has 2 aromatic rings. The topological polar surface area (TPSA) is 76.7 Å². The zero-order chi connectivity index (χ0) is 15.1. The second-order valence-electron chi connectivity index (χ2n) is 4.17. The maximum atomic E-state index is 12.9. The molecule has 0 atom stereocenters. The smallest absolute Gasteiger partial charge is 0.265 e. The van der Waals surface area contributed by atoms with E-state index in [4.69, 9.17) is 10.6 Å². The van der Waals surface area contributed by atoms with Gasteiger partial charge in [0.05, 0.1) is 0 Å². The number of nitrogens with two attached hydrogens (primary N) is 1. The van der Waals surface area contributed by atoms with Gasteiger partial charge in [-0.3, -0.25) is 4.79 Å². The summed E-state index contributed by atoms with van der Waals surface area (Å²) in [6.45, 7) is -0.315. The monoisotopic (exact) mass is 287 g/mol. The normalized spacial score (nSPS) is 11.0. The summed E-state index contributed by atoms with van der Waals surface area (Å²) in [5.74, 6) is -0.709. The van der Waals surface area contributed by atoms with Crippen LogP contribution in [0.15, 0.2) is 59.8 Å². The first kappa shape index (κ1) is 14.5. The van der Waals surface area contributed by atoms with Gasteiger partial charge < -0.3 is 15.9 Å². The Morgan fingerprint density at radius 1 is 1.19 bits per heavy atom. The lowest BCUT2D eigenvalue weighted by Gasteiger charge is -2.05. The number of amidine groups is 1. The number of nitrogens with zero attached hydrogens (tertiary/aromatic N) is 1. The van der Waals surface area contributed by atoms with Crippen molar-refractivity contribution >= 4 is 17.4 Å². The fourth-order valence-corrected chi connectivity index (χ4v) is 1.59. The van der Waals surface area contributed by atoms with Crippen LogP contribution >= 0.6 is 0 Å². The standard InChI is InChI=1S/C15H14FN3O2/c16-12-7-4-8-13(9-12)18-14(20)10-21-19-15(17)11-5-2-1-3-6-11/h1-9H,10H2,(H2,17,19)(H,18,20). The van der Waals surface area contributed by atoms with Gasteiger partial charge in [-0.2, -0.15) is 0 Å². The van der Waals surface area contributed by atoms with E-state index < -0.39 is 11.7 Å². The summed E-state index contributed by atoms with van der Waals surface area (Å²) >= 11 is 0. The highest BCUT2D eigenvalue weighted by molar-refractivity contribution is 5.97. The predicted octanol–water partition coefficient (Wildman–Crippen LogP) is 2.10. The van der Waals surface area contributed by atoms with Gasteiger partial charge in [-0.25, -0.2) is 4.39 Å². The van der Waals surface area contributed by atoms with Gasteiger partial charge in [0, 0.05) is 11.3 Å². The van der Waals surface area contributed by atoms with E-state index in [1.165, 1.54) is 18.2 Å². The van der Waals surface area contributed by atoms with Crippen LogP contribution in [0.1, 0.15) is 5.56 Å². The lowest BCUT2D eigenvalue weighted by Crippen LogP contribution is -2.19. The number of amides is 1. The molecule has 0 unspecified atom stereocenters. The molecule has 6 heteroatoms. The molecule has 21 heavy (non-hydrogen) atoms. The van der Waals surface area contributed by atoms with E-state index in [2.05, 4.69) is 10.5 Å². The molecule has 0 saturated heterocycles. The number of oxime groups is 1. The van der Waals surface area contributed by atoms with Crippen LogP contribution < -0.4 is 11.1 Å². The maximum Gasteiger partial charge on any atom is 0.265 e. The lowest BCUT2D eigenvalue weighted by molar-refractivity contribution is -0.120. The lowest BCUT2D eigenvalue weighted by atomic mass is 10.2. The van der Waals surface area contributed by atoms with Crippen molar-refractivity contribution in [1.82, 2.24) is 0 Å². The molecule has 108 valence electrons. The Hall–Kier alpha value is -2.89. The van der Waals surface area contributed by atoms with Crippen LogP contribution in [0, 0.1) is 5.82 Å². The molecule has 0 aliphatic rings. The fraction of sp³-hybridized carbons (Fsp3) is 0.0667. The summed E-state index contributed by atoms with van der Waals surface area (Å²) in [5.41, 5.74) is 6.75. The minimum atomic E-state index is -0.454. The van der Waals surface area contributed by atoms with Gasteiger partial charge in [-0.05, 0) is 18.2 Å². The van der Waals surface area contributed by atoms with E-state index in [9.17, 15) is 9.18 Å². The molecule has 5 nitrogen and oxygen atoms in total. The Kier molecular flexibility index (Phi) is 4.87. The molecule has 0 fully saturated rings. The van der Waals surface area contributed by atoms with E-state index in [1.807, 2.05) is 18.2 Å². The highest BCUT2D eigenvalue weighted by Crippen LogP contribution is 2.08. The van der Waals surface area contributed by atoms with Crippen molar-refractivity contribution in [2.75, 3.05) is 11.9 Å². The van der Waals surface area contributed by atoms with Crippen molar-refractivity contribution in [3.8, 4) is 0 Å². The third-order valence-electron chi connectivity index (χ3n) is 2.54. The Morgan fingerprint density at radius 2 is 1.95 bits per heavy atom. The number of carbonyl (C=O) groups excluding carboxylic acids is 1. The molecule has 0 radical (unpaired) electrons. The van der Waals surface area contributed by atoms with Crippen molar-refractivity contribution in [2.24, 2.45) is 10.9 Å². The highest BCUT2D eigenvalue weighted by Gasteiger charge is 2.04. The van der Waals surface area contributed by atoms with Crippen molar-refractivity contribution in [3.63, 3.8) is 0 Å². The molecule has 1 amide bonds. The number of rotatable bonds is 5. The van der Waals surface area contributed by atoms with Gasteiger partial charge in [-0.1, -0.05) is 41.6 Å². The summed E-state index contributed by atoms with van der Waals surface area (Å²) in [6.07, 6.45) is 0. The van der Waals surface area contributed by atoms with Crippen LogP contribution in [0.4, 0.5) is 10.1 Å². The summed E-state index contributed by atoms with van der Waals surface area (Å²) in [7, 11) is 0. The molecule has 0 saturated carbocycles. The van der Waals surface area contributed by atoms with E-state index >= 15 is 0 Å². The first-order chi connectivity index (χ1) is 10.1. The largest absolute Gasteiger partial charge is 0.384 e. The molecular weight excluding hydrogens is 273 g/mol. The van der Waals surface area contributed by atoms with Gasteiger partial charge in [0.15, 0.2) is 12.4 Å². The molecule has 0 aliphatic carbocycles. The maximum absolute atomic E-state index is 12.9. The van der Waals surface area contributed by atoms with Gasteiger partial charge in [0.25, 0.3) is 5.91 Å². The van der Waals surface area contributed by atoms with Crippen molar-refractivity contribution in [2.45, 2.75) is 0 Å². The summed E-state index contributed by atoms with van der Waals surface area (Å²) < 4.78 is 12.9. The van der Waals surface area contributed by atoms with Crippen molar-refractivity contribution in [1.29, 1.82) is 0 Å². The van der Waals surface area contributed by atoms with E-state index in [0.29, 0.717) is 11.3 Å². The van der Waals surface area contributed by atoms with E-state index in [-0.39, 0.29) is 12.4 Å². The fourth-order valence-electron chi connectivity index (χ4n) is 1.59. The average Bonchev–Trinajstić information content (AvgIpc) is 2.48. The molecule has 3 N–H and O–H groups in total. The molecule has 0 bridgehead atoms. The first-order valence-electron chi connectivity index (χ1n) is 6.21. The van der Waals surface area contributed by atoms with Gasteiger partial charge in [0.2, 0.25) is 0 Å². The van der Waals surface area contributed by atoms with Gasteiger partial charge >= 0.3 is 0 Å². The van der Waals surface area contributed by atoms with Crippen molar-refractivity contribution in [3.05, 3.63) is 66.0 Å². The number of nitrogens with one attached hydrogen (secondary N) is 1. The number of halogens is 1. The molecule has 0 spiro atoms. The minimum Gasteiger partial charge on any atom is -0.384 e. The molecule has 0 aromatic heterocycles. The molecule has 2 rings (SSSR count). The summed E-state index contributed by atoms with van der Waals surface area (Å²) in [5, 5.41) is 6.14. The predicted molar refractivity (Wildman–Crippen MR) is 78.1 cm³/mol. The van der Waals surface area contributed by atoms with Crippen LogP contribution in [0.25, 0.3) is 0 Å². The van der Waals surface area contributed by atoms with Gasteiger partial charge in [-0.15, -0.1) is 0 Å². The third-order valence-corrected chi connectivity index (χ3v) is 2.54. The SMILES string of the molecule is N/C(=N\OCC(=O)Nc1cccc(F)c1)c1ccccc1. The summed E-state index contributed by atoms with van der Waals surface area (Å²) in [4.78, 5) is 16.4. The summed E-state index contributed by atoms with van der Waals surface area (Å²) in [6, 6.07) is 14.6. The minimum absolute atomic E-state index is 0.175. The quantitative estimate of drug-likeness (QED) is 0.502. The van der Waals surface area contributed by atoms with Crippen LogP contribution in [-0.4, -0.2) is 18.3 Å². The Labute approximate surface area is 121 Å². The number of anilines is 1. The molecule has 2 aromatic carbocycles. The number of carbonyl (C=O) groups is 1. The zero-order valence-electron chi connectivity index (χ0n) is 11.1. The van der Waals surface area contributed by atoms with Crippen LogP contribution in [0.3, 0.4) is 0 Å². The van der Waals surface area contributed by atoms with Gasteiger partial charge in [0.1, 0.15) is 5.82 Å². The van der Waals surface area contributed by atoms with Crippen LogP contribution in [0.2, 0.25) is 0 Å². The second-order valence-corrected chi connectivity index (χ2v) is 4.17. The van der Waals surface area contributed by atoms with E-state index in [0.717, 1.165) is 0 Å².